The Hall–Kier alpha value is -2.91. The van der Waals surface area contributed by atoms with Crippen LogP contribution >= 0.6 is 11.3 Å². The number of fused-ring (bicyclic) bond motifs is 1. The average Bonchev–Trinajstić information content (AvgIpc) is 3.11. The molecule has 0 aliphatic carbocycles. The summed E-state index contributed by atoms with van der Waals surface area (Å²) in [6.45, 7) is 3.69. The molecule has 1 aromatic heterocycles. The summed E-state index contributed by atoms with van der Waals surface area (Å²) >= 11 is 1.59. The minimum Gasteiger partial charge on any atom is -0.481 e. The number of aromatic nitrogens is 1. The summed E-state index contributed by atoms with van der Waals surface area (Å²) in [6, 6.07) is 16.6. The lowest BCUT2D eigenvalue weighted by atomic mass is 10.2. The molecule has 2 atom stereocenters. The molecule has 0 radical (unpaired) electrons. The second-order valence-electron chi connectivity index (χ2n) is 6.04. The van der Waals surface area contributed by atoms with E-state index in [0.29, 0.717) is 11.3 Å². The first-order chi connectivity index (χ1) is 12.5. The molecule has 0 saturated heterocycles. The molecule has 0 aliphatic rings. The molecule has 0 N–H and O–H groups in total. The van der Waals surface area contributed by atoms with Crippen LogP contribution in [0.1, 0.15) is 30.5 Å². The second-order valence-corrected chi connectivity index (χ2v) is 7.10. The number of para-hydroxylation sites is 1. The van der Waals surface area contributed by atoms with Crippen LogP contribution in [-0.2, 0) is 4.79 Å². The topological polar surface area (TPSA) is 66.2 Å². The van der Waals surface area contributed by atoms with Crippen molar-refractivity contribution in [3.05, 3.63) is 59.1 Å². The van der Waals surface area contributed by atoms with Crippen LogP contribution in [0.5, 0.6) is 5.75 Å². The third-order valence-electron chi connectivity index (χ3n) is 4.24. The van der Waals surface area contributed by atoms with E-state index in [1.165, 1.54) is 0 Å². The number of hydrogen-bond acceptors (Lipinski definition) is 5. The zero-order valence-corrected chi connectivity index (χ0v) is 15.7. The van der Waals surface area contributed by atoms with Gasteiger partial charge in [0.15, 0.2) is 6.10 Å². The standard InChI is InChI=1S/C20H19N3O2S/c1-13(19-22-17-6-4-5-7-18(17)26-19)23(3)20(24)14(2)25-16-10-8-15(12-21)9-11-16/h4-11,13-14H,1-3H3/t13-,14-/m1/s1. The fourth-order valence-corrected chi connectivity index (χ4v) is 3.64. The van der Waals surface area contributed by atoms with E-state index >= 15 is 0 Å². The number of nitriles is 1. The molecule has 3 rings (SSSR count). The number of rotatable bonds is 5. The zero-order chi connectivity index (χ0) is 18.7. The van der Waals surface area contributed by atoms with Crippen LogP contribution in [0.3, 0.4) is 0 Å². The van der Waals surface area contributed by atoms with Crippen molar-refractivity contribution in [2.45, 2.75) is 26.0 Å². The minimum absolute atomic E-state index is 0.124. The Morgan fingerprint density at radius 2 is 1.88 bits per heavy atom. The average molecular weight is 365 g/mol. The maximum Gasteiger partial charge on any atom is 0.263 e. The Morgan fingerprint density at radius 1 is 1.19 bits per heavy atom. The number of benzene rings is 2. The van der Waals surface area contributed by atoms with Crippen molar-refractivity contribution >= 4 is 27.5 Å². The lowest BCUT2D eigenvalue weighted by Gasteiger charge is -2.26. The van der Waals surface area contributed by atoms with Crippen molar-refractivity contribution < 1.29 is 9.53 Å². The molecule has 0 fully saturated rings. The minimum atomic E-state index is -0.634. The smallest absolute Gasteiger partial charge is 0.263 e. The predicted molar refractivity (Wildman–Crippen MR) is 102 cm³/mol. The van der Waals surface area contributed by atoms with E-state index in [0.717, 1.165) is 15.2 Å². The molecule has 0 aliphatic heterocycles. The molecule has 0 unspecified atom stereocenters. The summed E-state index contributed by atoms with van der Waals surface area (Å²) < 4.78 is 6.83. The number of carbonyl (C=O) groups is 1. The van der Waals surface area contributed by atoms with Crippen LogP contribution < -0.4 is 4.74 Å². The molecule has 26 heavy (non-hydrogen) atoms. The van der Waals surface area contributed by atoms with E-state index < -0.39 is 6.10 Å². The van der Waals surface area contributed by atoms with Gasteiger partial charge in [-0.2, -0.15) is 5.26 Å². The maximum atomic E-state index is 12.7. The van der Waals surface area contributed by atoms with Crippen molar-refractivity contribution in [1.82, 2.24) is 9.88 Å². The van der Waals surface area contributed by atoms with Gasteiger partial charge in [0.25, 0.3) is 5.91 Å². The van der Waals surface area contributed by atoms with Crippen molar-refractivity contribution in [3.8, 4) is 11.8 Å². The van der Waals surface area contributed by atoms with Gasteiger partial charge >= 0.3 is 0 Å². The van der Waals surface area contributed by atoms with Gasteiger partial charge < -0.3 is 9.64 Å². The number of thiazole rings is 1. The molecule has 3 aromatic rings. The Morgan fingerprint density at radius 3 is 2.54 bits per heavy atom. The highest BCUT2D eigenvalue weighted by Gasteiger charge is 2.25. The highest BCUT2D eigenvalue weighted by Crippen LogP contribution is 2.29. The summed E-state index contributed by atoms with van der Waals surface area (Å²) in [5.74, 6) is 0.437. The monoisotopic (exact) mass is 365 g/mol. The van der Waals surface area contributed by atoms with E-state index in [-0.39, 0.29) is 11.9 Å². The molecule has 2 aromatic carbocycles. The number of ether oxygens (including phenoxy) is 1. The van der Waals surface area contributed by atoms with Crippen molar-refractivity contribution in [2.75, 3.05) is 7.05 Å². The third-order valence-corrected chi connectivity index (χ3v) is 5.45. The van der Waals surface area contributed by atoms with Crippen molar-refractivity contribution in [3.63, 3.8) is 0 Å². The quantitative estimate of drug-likeness (QED) is 0.681. The summed E-state index contributed by atoms with van der Waals surface area (Å²) in [5.41, 5.74) is 1.50. The number of hydrogen-bond donors (Lipinski definition) is 0. The molecule has 5 nitrogen and oxygen atoms in total. The van der Waals surface area contributed by atoms with Gasteiger partial charge in [-0.15, -0.1) is 11.3 Å². The van der Waals surface area contributed by atoms with Crippen molar-refractivity contribution in [2.24, 2.45) is 0 Å². The molecule has 1 amide bonds. The number of nitrogens with zero attached hydrogens (tertiary/aromatic N) is 3. The van der Waals surface area contributed by atoms with Crippen LogP contribution in [0.25, 0.3) is 10.2 Å². The van der Waals surface area contributed by atoms with E-state index in [1.807, 2.05) is 31.2 Å². The lowest BCUT2D eigenvalue weighted by Crippen LogP contribution is -2.39. The van der Waals surface area contributed by atoms with Crippen molar-refractivity contribution in [1.29, 1.82) is 5.26 Å². The molecular weight excluding hydrogens is 346 g/mol. The Labute approximate surface area is 156 Å². The first-order valence-corrected chi connectivity index (χ1v) is 9.10. The van der Waals surface area contributed by atoms with Crippen LogP contribution in [0.2, 0.25) is 0 Å². The van der Waals surface area contributed by atoms with Gasteiger partial charge in [-0.25, -0.2) is 4.98 Å². The second kappa shape index (κ2) is 7.54. The van der Waals surface area contributed by atoms with Gasteiger partial charge in [0, 0.05) is 7.05 Å². The Kier molecular flexibility index (Phi) is 5.19. The van der Waals surface area contributed by atoms with Crippen LogP contribution in [0.4, 0.5) is 0 Å². The fraction of sp³-hybridized carbons (Fsp3) is 0.250. The summed E-state index contributed by atoms with van der Waals surface area (Å²) in [6.07, 6.45) is -0.634. The predicted octanol–water partition coefficient (Wildman–Crippen LogP) is 4.15. The van der Waals surface area contributed by atoms with Gasteiger partial charge in [-0.3, -0.25) is 4.79 Å². The fourth-order valence-electron chi connectivity index (χ4n) is 2.57. The molecule has 0 spiro atoms. The number of likely N-dealkylation sites (N-methyl/N-ethyl adjacent to an activating group) is 1. The Balaban J connectivity index is 1.69. The van der Waals surface area contributed by atoms with Crippen LogP contribution in [0, 0.1) is 11.3 Å². The molecule has 1 heterocycles. The summed E-state index contributed by atoms with van der Waals surface area (Å²) in [4.78, 5) is 19.0. The molecule has 0 bridgehead atoms. The van der Waals surface area contributed by atoms with E-state index in [9.17, 15) is 4.79 Å². The van der Waals surface area contributed by atoms with Gasteiger partial charge in [-0.1, -0.05) is 12.1 Å². The zero-order valence-electron chi connectivity index (χ0n) is 14.8. The highest BCUT2D eigenvalue weighted by atomic mass is 32.1. The van der Waals surface area contributed by atoms with Gasteiger partial charge in [0.1, 0.15) is 10.8 Å². The first kappa shape index (κ1) is 17.9. The molecular formula is C20H19N3O2S. The maximum absolute atomic E-state index is 12.7. The number of carbonyl (C=O) groups excluding carboxylic acids is 1. The van der Waals surface area contributed by atoms with Gasteiger partial charge in [0.2, 0.25) is 0 Å². The summed E-state index contributed by atoms with van der Waals surface area (Å²) in [7, 11) is 1.76. The highest BCUT2D eigenvalue weighted by molar-refractivity contribution is 7.18. The van der Waals surface area contributed by atoms with Gasteiger partial charge in [0.05, 0.1) is 27.9 Å². The van der Waals surface area contributed by atoms with Crippen LogP contribution in [-0.4, -0.2) is 28.9 Å². The van der Waals surface area contributed by atoms with Crippen LogP contribution in [0.15, 0.2) is 48.5 Å². The summed E-state index contributed by atoms with van der Waals surface area (Å²) in [5, 5.41) is 9.73. The lowest BCUT2D eigenvalue weighted by molar-refractivity contribution is -0.138. The van der Waals surface area contributed by atoms with Gasteiger partial charge in [-0.05, 0) is 50.2 Å². The largest absolute Gasteiger partial charge is 0.481 e. The number of amides is 1. The SMILES string of the molecule is C[C@H](c1nc2ccccc2s1)N(C)C(=O)[C@@H](C)Oc1ccc(C#N)cc1. The third kappa shape index (κ3) is 3.68. The normalized spacial score (nSPS) is 13.0. The Bertz CT molecular complexity index is 926. The molecule has 132 valence electrons. The molecule has 6 heteroatoms. The first-order valence-electron chi connectivity index (χ1n) is 8.28. The van der Waals surface area contributed by atoms with E-state index in [4.69, 9.17) is 10.00 Å². The van der Waals surface area contributed by atoms with E-state index in [1.54, 1.807) is 54.5 Å². The molecule has 0 saturated carbocycles. The van der Waals surface area contributed by atoms with E-state index in [2.05, 4.69) is 11.1 Å².